The number of nitriles is 1. The van der Waals surface area contributed by atoms with Gasteiger partial charge in [0.1, 0.15) is 11.5 Å². The van der Waals surface area contributed by atoms with Crippen LogP contribution in [0.2, 0.25) is 0 Å². The van der Waals surface area contributed by atoms with Gasteiger partial charge < -0.3 is 19.3 Å². The van der Waals surface area contributed by atoms with Crippen molar-refractivity contribution in [2.45, 2.75) is 50.0 Å². The summed E-state index contributed by atoms with van der Waals surface area (Å²) in [6, 6.07) is 29.1. The van der Waals surface area contributed by atoms with Gasteiger partial charge in [-0.2, -0.15) is 5.26 Å². The molecule has 4 aromatic rings. The molecule has 0 radical (unpaired) electrons. The molecule has 0 amide bonds. The van der Waals surface area contributed by atoms with E-state index in [4.69, 9.17) is 14.7 Å². The van der Waals surface area contributed by atoms with E-state index >= 15 is 0 Å². The molecule has 8 heteroatoms. The number of likely N-dealkylation sites (N-methyl/N-ethyl adjacent to an activating group) is 2. The highest BCUT2D eigenvalue weighted by Crippen LogP contribution is 2.56. The Morgan fingerprint density at radius 2 is 1.28 bits per heavy atom. The van der Waals surface area contributed by atoms with E-state index in [1.165, 1.54) is 11.3 Å². The van der Waals surface area contributed by atoms with E-state index in [9.17, 15) is 10.1 Å². The van der Waals surface area contributed by atoms with E-state index in [1.807, 2.05) is 49.5 Å². The Morgan fingerprint density at radius 1 is 0.702 bits per heavy atom. The molecule has 4 aromatic carbocycles. The van der Waals surface area contributed by atoms with Crippen LogP contribution >= 0.6 is 0 Å². The van der Waals surface area contributed by atoms with Crippen LogP contribution in [-0.4, -0.2) is 30.5 Å². The third kappa shape index (κ3) is 4.12. The fourth-order valence-electron chi connectivity index (χ4n) is 7.70. The zero-order valence-corrected chi connectivity index (χ0v) is 27.3. The molecule has 0 saturated carbocycles. The highest BCUT2D eigenvalue weighted by molar-refractivity contribution is 5.74. The molecule has 4 aliphatic rings. The number of non-ortho nitro benzene ring substituents is 1. The summed E-state index contributed by atoms with van der Waals surface area (Å²) in [5, 5.41) is 20.2. The molecule has 2 unspecified atom stereocenters. The normalized spacial score (nSPS) is 23.0. The molecule has 0 bridgehead atoms. The van der Waals surface area contributed by atoms with Crippen molar-refractivity contribution in [1.82, 2.24) is 0 Å². The predicted octanol–water partition coefficient (Wildman–Crippen LogP) is 8.21. The lowest BCUT2D eigenvalue weighted by Crippen LogP contribution is -2.58. The Morgan fingerprint density at radius 3 is 1.94 bits per heavy atom. The first-order valence-corrected chi connectivity index (χ1v) is 15.6. The summed E-state index contributed by atoms with van der Waals surface area (Å²) in [6.45, 7) is 8.57. The quantitative estimate of drug-likeness (QED) is 0.156. The molecule has 0 N–H and O–H groups in total. The maximum absolute atomic E-state index is 11.2. The van der Waals surface area contributed by atoms with Crippen molar-refractivity contribution in [3.05, 3.63) is 135 Å². The highest BCUT2D eigenvalue weighted by atomic mass is 16.6. The fraction of sp³-hybridized carbons (Fsp3) is 0.256. The smallest absolute Gasteiger partial charge is 0.269 e. The minimum atomic E-state index is -0.709. The Kier molecular flexibility index (Phi) is 6.56. The largest absolute Gasteiger partial charge is 0.463 e. The summed E-state index contributed by atoms with van der Waals surface area (Å²) in [4.78, 5) is 15.1. The number of hydrogen-bond acceptors (Lipinski definition) is 7. The molecular formula is C39H36N4O4. The van der Waals surface area contributed by atoms with Crippen molar-refractivity contribution < 1.29 is 14.4 Å². The van der Waals surface area contributed by atoms with Crippen LogP contribution in [0.1, 0.15) is 55.5 Å². The molecule has 8 rings (SSSR count). The second-order valence-electron chi connectivity index (χ2n) is 13.5. The molecule has 2 atom stereocenters. The molecule has 2 spiro atoms. The van der Waals surface area contributed by atoms with Gasteiger partial charge in [-0.05, 0) is 99.5 Å². The van der Waals surface area contributed by atoms with Crippen molar-refractivity contribution in [3.63, 3.8) is 0 Å². The van der Waals surface area contributed by atoms with E-state index in [-0.39, 0.29) is 16.0 Å². The SMILES string of the molecule is CN1c2ccc([N+](=O)[O-])cc2C(C)(C)C12C=Cc1ccccc1O2.CN1c2ccccc2C(C)(C)C12C=Cc1cc(C#N)ccc1O2. The first-order valence-electron chi connectivity index (χ1n) is 15.6. The van der Waals surface area contributed by atoms with Crippen LogP contribution in [0.4, 0.5) is 17.1 Å². The minimum Gasteiger partial charge on any atom is -0.463 e. The van der Waals surface area contributed by atoms with Crippen LogP contribution in [0, 0.1) is 21.4 Å². The van der Waals surface area contributed by atoms with Gasteiger partial charge in [0.25, 0.3) is 5.69 Å². The van der Waals surface area contributed by atoms with E-state index in [0.29, 0.717) is 5.56 Å². The summed E-state index contributed by atoms with van der Waals surface area (Å²) in [7, 11) is 4.05. The third-order valence-electron chi connectivity index (χ3n) is 10.5. The van der Waals surface area contributed by atoms with E-state index in [0.717, 1.165) is 33.9 Å². The van der Waals surface area contributed by atoms with Crippen LogP contribution in [0.15, 0.2) is 97.1 Å². The van der Waals surface area contributed by atoms with Gasteiger partial charge in [-0.3, -0.25) is 10.1 Å². The van der Waals surface area contributed by atoms with Crippen molar-refractivity contribution in [3.8, 4) is 17.6 Å². The molecule has 236 valence electrons. The summed E-state index contributed by atoms with van der Waals surface area (Å²) in [6.07, 6.45) is 8.32. The van der Waals surface area contributed by atoms with Crippen molar-refractivity contribution in [2.75, 3.05) is 23.9 Å². The average Bonchev–Trinajstić information content (AvgIpc) is 3.34. The third-order valence-corrected chi connectivity index (χ3v) is 10.5. The van der Waals surface area contributed by atoms with Crippen LogP contribution < -0.4 is 19.3 Å². The molecule has 0 fully saturated rings. The number of nitro groups is 1. The van der Waals surface area contributed by atoms with E-state index < -0.39 is 16.9 Å². The number of hydrogen-bond donors (Lipinski definition) is 0. The lowest BCUT2D eigenvalue weighted by Gasteiger charge is -2.45. The number of ether oxygens (including phenoxy) is 2. The zero-order valence-electron chi connectivity index (χ0n) is 27.3. The summed E-state index contributed by atoms with van der Waals surface area (Å²) in [5.41, 5.74) is 5.18. The Balaban J connectivity index is 0.000000150. The van der Waals surface area contributed by atoms with Crippen molar-refractivity contribution in [2.24, 2.45) is 0 Å². The molecule has 0 aromatic heterocycles. The molecule has 4 heterocycles. The molecule has 47 heavy (non-hydrogen) atoms. The maximum Gasteiger partial charge on any atom is 0.269 e. The van der Waals surface area contributed by atoms with Gasteiger partial charge in [-0.15, -0.1) is 0 Å². The van der Waals surface area contributed by atoms with Gasteiger partial charge in [0.05, 0.1) is 27.4 Å². The Hall–Kier alpha value is -5.55. The first kappa shape index (κ1) is 30.1. The number of para-hydroxylation sites is 2. The van der Waals surface area contributed by atoms with Gasteiger partial charge in [0.15, 0.2) is 0 Å². The lowest BCUT2D eigenvalue weighted by atomic mass is 9.76. The Bertz CT molecular complexity index is 2060. The van der Waals surface area contributed by atoms with Crippen molar-refractivity contribution >= 4 is 29.2 Å². The second-order valence-corrected chi connectivity index (χ2v) is 13.5. The highest BCUT2D eigenvalue weighted by Gasteiger charge is 2.59. The fourth-order valence-corrected chi connectivity index (χ4v) is 7.70. The van der Waals surface area contributed by atoms with Gasteiger partial charge in [0, 0.05) is 48.7 Å². The number of fused-ring (bicyclic) bond motifs is 4. The van der Waals surface area contributed by atoms with E-state index in [2.05, 4.69) is 99.2 Å². The Labute approximate surface area is 274 Å². The molecule has 4 aliphatic heterocycles. The van der Waals surface area contributed by atoms with Crippen LogP contribution in [0.5, 0.6) is 11.5 Å². The van der Waals surface area contributed by atoms with Gasteiger partial charge >= 0.3 is 0 Å². The molecule has 0 aliphatic carbocycles. The van der Waals surface area contributed by atoms with Gasteiger partial charge in [-0.1, -0.05) is 36.4 Å². The zero-order chi connectivity index (χ0) is 33.4. The van der Waals surface area contributed by atoms with Crippen LogP contribution in [0.3, 0.4) is 0 Å². The van der Waals surface area contributed by atoms with E-state index in [1.54, 1.807) is 18.2 Å². The summed E-state index contributed by atoms with van der Waals surface area (Å²) >= 11 is 0. The second kappa shape index (κ2) is 10.2. The van der Waals surface area contributed by atoms with Crippen LogP contribution in [0.25, 0.3) is 12.2 Å². The van der Waals surface area contributed by atoms with Gasteiger partial charge in [-0.25, -0.2) is 0 Å². The monoisotopic (exact) mass is 624 g/mol. The topological polar surface area (TPSA) is 91.9 Å². The minimum absolute atomic E-state index is 0.104. The van der Waals surface area contributed by atoms with Gasteiger partial charge in [0.2, 0.25) is 11.4 Å². The van der Waals surface area contributed by atoms with Crippen molar-refractivity contribution in [1.29, 1.82) is 5.26 Å². The standard InChI is InChI=1S/C20H18N2O.C19H18N2O3/c1-19(2)16-6-4-5-7-17(16)22(3)20(19)11-10-15-12-14(13-21)8-9-18(15)23-20;1-18(2)15-12-14(21(22)23)8-9-16(15)20(3)19(18)11-10-13-6-4-5-7-17(13)24-19/h4-12H,1-3H3;4-12H,1-3H3. The average molecular weight is 625 g/mol. The lowest BCUT2D eigenvalue weighted by molar-refractivity contribution is -0.384. The summed E-state index contributed by atoms with van der Waals surface area (Å²) in [5.74, 6) is 1.64. The number of rotatable bonds is 1. The predicted molar refractivity (Wildman–Crippen MR) is 185 cm³/mol. The number of anilines is 2. The molecule has 0 saturated heterocycles. The molecular weight excluding hydrogens is 588 g/mol. The maximum atomic E-state index is 11.2. The number of benzene rings is 4. The first-order chi connectivity index (χ1) is 22.4. The molecule has 8 nitrogen and oxygen atoms in total. The number of nitro benzene ring substituents is 1. The number of nitrogens with zero attached hydrogens (tertiary/aromatic N) is 4. The van der Waals surface area contributed by atoms with Crippen LogP contribution in [-0.2, 0) is 10.8 Å². The summed E-state index contributed by atoms with van der Waals surface area (Å²) < 4.78 is 13.0.